The Morgan fingerprint density at radius 1 is 1.69 bits per heavy atom. The second-order valence-electron chi connectivity index (χ2n) is 3.45. The molecule has 0 aromatic heterocycles. The van der Waals surface area contributed by atoms with E-state index in [2.05, 4.69) is 17.9 Å². The van der Waals surface area contributed by atoms with Gasteiger partial charge in [0.2, 0.25) is 0 Å². The number of thiocarbonyl (C=S) groups is 1. The van der Waals surface area contributed by atoms with E-state index < -0.39 is 0 Å². The van der Waals surface area contributed by atoms with E-state index in [0.717, 1.165) is 30.7 Å². The Labute approximate surface area is 85.5 Å². The average molecular weight is 196 g/mol. The summed E-state index contributed by atoms with van der Waals surface area (Å²) in [5.74, 6) is 0. The van der Waals surface area contributed by atoms with Gasteiger partial charge < -0.3 is 4.90 Å². The Kier molecular flexibility index (Phi) is 3.68. The fourth-order valence-electron chi connectivity index (χ4n) is 1.94. The zero-order chi connectivity index (χ0) is 9.84. The van der Waals surface area contributed by atoms with Crippen molar-refractivity contribution in [2.45, 2.75) is 51.6 Å². The highest BCUT2D eigenvalue weighted by Gasteiger charge is 2.31. The third-order valence-electron chi connectivity index (χ3n) is 2.72. The molecule has 13 heavy (non-hydrogen) atoms. The normalized spacial score (nSPS) is 24.5. The second kappa shape index (κ2) is 4.57. The lowest BCUT2D eigenvalue weighted by Gasteiger charge is -2.29. The maximum Gasteiger partial charge on any atom is 0.117 e. The van der Waals surface area contributed by atoms with E-state index in [1.54, 1.807) is 0 Å². The molecule has 0 amide bonds. The molecule has 1 aliphatic rings. The van der Waals surface area contributed by atoms with Crippen LogP contribution < -0.4 is 0 Å². The smallest absolute Gasteiger partial charge is 0.117 e. The van der Waals surface area contributed by atoms with Crippen LogP contribution in [0.3, 0.4) is 0 Å². The highest BCUT2D eigenvalue weighted by molar-refractivity contribution is 7.80. The number of rotatable bonds is 3. The van der Waals surface area contributed by atoms with Crippen molar-refractivity contribution in [2.75, 3.05) is 0 Å². The predicted molar refractivity (Wildman–Crippen MR) is 57.4 cm³/mol. The van der Waals surface area contributed by atoms with Crippen LogP contribution in [0.4, 0.5) is 0 Å². The van der Waals surface area contributed by atoms with Crippen molar-refractivity contribution in [1.29, 1.82) is 5.26 Å². The van der Waals surface area contributed by atoms with Crippen molar-refractivity contribution in [3.05, 3.63) is 0 Å². The van der Waals surface area contributed by atoms with Gasteiger partial charge in [-0.1, -0.05) is 26.1 Å². The Hall–Kier alpha value is -0.620. The van der Waals surface area contributed by atoms with Gasteiger partial charge in [0.1, 0.15) is 6.04 Å². The molecule has 1 aliphatic heterocycles. The van der Waals surface area contributed by atoms with Crippen molar-refractivity contribution in [2.24, 2.45) is 0 Å². The van der Waals surface area contributed by atoms with Gasteiger partial charge in [-0.3, -0.25) is 0 Å². The standard InChI is InChI=1S/C10H16N2S/c1-3-8-5-6-10(13)12(8)9(4-2)7-11/h8-9H,3-6H2,1-2H3. The van der Waals surface area contributed by atoms with Gasteiger partial charge >= 0.3 is 0 Å². The quantitative estimate of drug-likeness (QED) is 0.649. The van der Waals surface area contributed by atoms with E-state index in [9.17, 15) is 0 Å². The van der Waals surface area contributed by atoms with Crippen molar-refractivity contribution in [3.8, 4) is 6.07 Å². The lowest BCUT2D eigenvalue weighted by atomic mass is 10.1. The molecule has 1 heterocycles. The monoisotopic (exact) mass is 196 g/mol. The summed E-state index contributed by atoms with van der Waals surface area (Å²) in [6.45, 7) is 4.21. The molecule has 0 saturated carbocycles. The molecule has 0 bridgehead atoms. The molecule has 3 heteroatoms. The Morgan fingerprint density at radius 3 is 2.85 bits per heavy atom. The van der Waals surface area contributed by atoms with Crippen molar-refractivity contribution in [3.63, 3.8) is 0 Å². The molecule has 2 nitrogen and oxygen atoms in total. The van der Waals surface area contributed by atoms with Gasteiger partial charge in [0.15, 0.2) is 0 Å². The van der Waals surface area contributed by atoms with Gasteiger partial charge in [-0.15, -0.1) is 0 Å². The van der Waals surface area contributed by atoms with E-state index in [0.29, 0.717) is 6.04 Å². The molecule has 0 aliphatic carbocycles. The van der Waals surface area contributed by atoms with Crippen LogP contribution in [0.5, 0.6) is 0 Å². The van der Waals surface area contributed by atoms with E-state index in [1.165, 1.54) is 0 Å². The molecule has 0 spiro atoms. The maximum absolute atomic E-state index is 8.97. The molecule has 1 saturated heterocycles. The molecule has 72 valence electrons. The summed E-state index contributed by atoms with van der Waals surface area (Å²) in [5, 5.41) is 8.97. The zero-order valence-corrected chi connectivity index (χ0v) is 9.10. The van der Waals surface area contributed by atoms with Gasteiger partial charge in [-0.2, -0.15) is 5.26 Å². The molecular formula is C10H16N2S. The topological polar surface area (TPSA) is 27.0 Å². The van der Waals surface area contributed by atoms with Crippen LogP contribution in [0.15, 0.2) is 0 Å². The highest BCUT2D eigenvalue weighted by Crippen LogP contribution is 2.25. The third kappa shape index (κ3) is 2.00. The summed E-state index contributed by atoms with van der Waals surface area (Å²) in [6.07, 6.45) is 4.09. The summed E-state index contributed by atoms with van der Waals surface area (Å²) in [4.78, 5) is 3.13. The first-order chi connectivity index (χ1) is 6.24. The fraction of sp³-hybridized carbons (Fsp3) is 0.800. The molecule has 0 N–H and O–H groups in total. The molecule has 0 radical (unpaired) electrons. The lowest BCUT2D eigenvalue weighted by molar-refractivity contribution is 0.286. The van der Waals surface area contributed by atoms with Gasteiger partial charge in [0, 0.05) is 6.04 Å². The maximum atomic E-state index is 8.97. The first-order valence-corrected chi connectivity index (χ1v) is 5.36. The van der Waals surface area contributed by atoms with Crippen molar-refractivity contribution < 1.29 is 0 Å². The molecule has 0 aromatic rings. The first-order valence-electron chi connectivity index (χ1n) is 4.95. The Balaban J connectivity index is 2.74. The van der Waals surface area contributed by atoms with Gasteiger partial charge in [0.05, 0.1) is 11.1 Å². The minimum Gasteiger partial charge on any atom is -0.347 e. The van der Waals surface area contributed by atoms with Crippen LogP contribution >= 0.6 is 12.2 Å². The summed E-state index contributed by atoms with van der Waals surface area (Å²) in [7, 11) is 0. The van der Waals surface area contributed by atoms with Crippen LogP contribution in [0.2, 0.25) is 0 Å². The number of nitrogens with zero attached hydrogens (tertiary/aromatic N) is 2. The third-order valence-corrected chi connectivity index (χ3v) is 3.13. The summed E-state index contributed by atoms with van der Waals surface area (Å²) < 4.78 is 0. The van der Waals surface area contributed by atoms with Gasteiger partial charge in [0.25, 0.3) is 0 Å². The number of hydrogen-bond acceptors (Lipinski definition) is 2. The SMILES string of the molecule is CCC(C#N)N1C(=S)CCC1CC. The number of nitriles is 1. The summed E-state index contributed by atoms with van der Waals surface area (Å²) in [5.41, 5.74) is 0. The average Bonchev–Trinajstić information content (AvgIpc) is 2.51. The largest absolute Gasteiger partial charge is 0.347 e. The van der Waals surface area contributed by atoms with E-state index in [1.807, 2.05) is 6.92 Å². The zero-order valence-electron chi connectivity index (χ0n) is 8.29. The number of hydrogen-bond donors (Lipinski definition) is 0. The van der Waals surface area contributed by atoms with Crippen LogP contribution in [0.1, 0.15) is 39.5 Å². The highest BCUT2D eigenvalue weighted by atomic mass is 32.1. The van der Waals surface area contributed by atoms with E-state index >= 15 is 0 Å². The molecular weight excluding hydrogens is 180 g/mol. The van der Waals surface area contributed by atoms with Gasteiger partial charge in [-0.05, 0) is 25.7 Å². The fourth-order valence-corrected chi connectivity index (χ4v) is 2.34. The van der Waals surface area contributed by atoms with E-state index in [-0.39, 0.29) is 6.04 Å². The van der Waals surface area contributed by atoms with Crippen LogP contribution in [-0.4, -0.2) is 22.0 Å². The molecule has 1 rings (SSSR count). The summed E-state index contributed by atoms with van der Waals surface area (Å²) in [6, 6.07) is 2.84. The molecule has 2 unspecified atom stereocenters. The van der Waals surface area contributed by atoms with Crippen molar-refractivity contribution in [1.82, 2.24) is 4.90 Å². The predicted octanol–water partition coefficient (Wildman–Crippen LogP) is 2.49. The lowest BCUT2D eigenvalue weighted by Crippen LogP contribution is -2.39. The minimum absolute atomic E-state index is 0.0000463. The van der Waals surface area contributed by atoms with Crippen LogP contribution in [-0.2, 0) is 0 Å². The number of likely N-dealkylation sites (tertiary alicyclic amines) is 1. The Bertz CT molecular complexity index is 232. The van der Waals surface area contributed by atoms with Crippen molar-refractivity contribution >= 4 is 17.2 Å². The van der Waals surface area contributed by atoms with Crippen LogP contribution in [0.25, 0.3) is 0 Å². The van der Waals surface area contributed by atoms with Gasteiger partial charge in [-0.25, -0.2) is 0 Å². The second-order valence-corrected chi connectivity index (χ2v) is 3.93. The van der Waals surface area contributed by atoms with Crippen LogP contribution in [0, 0.1) is 11.3 Å². The minimum atomic E-state index is -0.0000463. The van der Waals surface area contributed by atoms with E-state index in [4.69, 9.17) is 17.5 Å². The first kappa shape index (κ1) is 10.5. The molecule has 0 aromatic carbocycles. The molecule has 2 atom stereocenters. The summed E-state index contributed by atoms with van der Waals surface area (Å²) >= 11 is 5.27. The molecule has 1 fully saturated rings. The Morgan fingerprint density at radius 2 is 2.38 bits per heavy atom.